The van der Waals surface area contributed by atoms with E-state index in [9.17, 15) is 24.0 Å². The molecular weight excluding hydrogens is 342 g/mol. The van der Waals surface area contributed by atoms with E-state index in [-0.39, 0.29) is 18.4 Å². The third kappa shape index (κ3) is 5.40. The Morgan fingerprint density at radius 2 is 2.15 bits per heavy atom. The van der Waals surface area contributed by atoms with Crippen molar-refractivity contribution >= 4 is 24.8 Å². The maximum atomic E-state index is 12.9. The van der Waals surface area contributed by atoms with Gasteiger partial charge in [0.25, 0.3) is 0 Å². The van der Waals surface area contributed by atoms with Crippen LogP contribution in [-0.4, -0.2) is 59.0 Å². The van der Waals surface area contributed by atoms with Crippen LogP contribution in [0.1, 0.15) is 26.7 Å². The van der Waals surface area contributed by atoms with Crippen LogP contribution in [0.2, 0.25) is 0 Å². The van der Waals surface area contributed by atoms with Crippen LogP contribution in [0.15, 0.2) is 18.3 Å². The summed E-state index contributed by atoms with van der Waals surface area (Å²) in [5.74, 6) is -1.39. The fraction of sp³-hybridized carbons (Fsp3) is 0.562. The molecule has 142 valence electrons. The Balaban J connectivity index is 1.82. The molecule has 1 unspecified atom stereocenters. The molecule has 0 aromatic carbocycles. The zero-order valence-corrected chi connectivity index (χ0v) is 14.9. The Bertz CT molecular complexity index is 629. The number of carbonyl (C=O) groups excluding carboxylic acids is 2. The Morgan fingerprint density at radius 1 is 1.42 bits per heavy atom. The average Bonchev–Trinajstić information content (AvgIpc) is 2.53. The van der Waals surface area contributed by atoms with E-state index in [1.807, 2.05) is 13.8 Å². The topological polar surface area (TPSA) is 115 Å². The molecule has 0 spiro atoms. The Hall–Kier alpha value is -2.20. The van der Waals surface area contributed by atoms with Crippen molar-refractivity contribution in [3.05, 3.63) is 24.1 Å². The van der Waals surface area contributed by atoms with Crippen LogP contribution in [0, 0.1) is 11.7 Å². The molecule has 0 bridgehead atoms. The molecule has 2 amide bonds. The third-order valence-corrected chi connectivity index (χ3v) is 4.18. The van der Waals surface area contributed by atoms with Crippen molar-refractivity contribution in [3.8, 4) is 0 Å². The maximum absolute atomic E-state index is 12.9. The number of hydrogen-bond acceptors (Lipinski definition) is 6. The number of carbonyl (C=O) groups is 2. The predicted molar refractivity (Wildman–Crippen MR) is 94.5 cm³/mol. The minimum Gasteiger partial charge on any atom is -0.426 e. The van der Waals surface area contributed by atoms with Crippen LogP contribution in [0.3, 0.4) is 0 Å². The van der Waals surface area contributed by atoms with Crippen LogP contribution in [0.4, 0.5) is 10.2 Å². The molecule has 26 heavy (non-hydrogen) atoms. The van der Waals surface area contributed by atoms with E-state index < -0.39 is 30.8 Å². The fourth-order valence-corrected chi connectivity index (χ4v) is 2.78. The normalized spacial score (nSPS) is 17.5. The van der Waals surface area contributed by atoms with Gasteiger partial charge in [0.05, 0.1) is 18.7 Å². The lowest BCUT2D eigenvalue weighted by molar-refractivity contribution is -0.127. The second-order valence-electron chi connectivity index (χ2n) is 6.77. The highest BCUT2D eigenvalue weighted by Gasteiger charge is 2.35. The number of anilines is 1. The standard InChI is InChI=1S/C16H24BFN4O4/c1-10(2)7-13(17(25)26)21-15(23)9-20-16(24)12-5-6-22(12)14-4-3-11(18)8-19-14/h3-4,8,10,12-13,25-26H,5-7,9H2,1-2H3,(H,20,24)(H,21,23)/t12-,13?/m0/s1. The SMILES string of the molecule is CC(C)CC(NC(=O)CNC(=O)[C@@H]1CCN1c1ccc(F)cn1)B(O)O. The van der Waals surface area contributed by atoms with Crippen molar-refractivity contribution in [2.24, 2.45) is 5.92 Å². The van der Waals surface area contributed by atoms with E-state index in [1.165, 1.54) is 12.1 Å². The van der Waals surface area contributed by atoms with E-state index in [0.29, 0.717) is 25.2 Å². The Kier molecular flexibility index (Phi) is 6.93. The molecule has 8 nitrogen and oxygen atoms in total. The molecule has 1 aromatic heterocycles. The number of aromatic nitrogens is 1. The number of nitrogens with one attached hydrogen (secondary N) is 2. The first-order valence-corrected chi connectivity index (χ1v) is 8.59. The van der Waals surface area contributed by atoms with Crippen molar-refractivity contribution < 1.29 is 24.0 Å². The van der Waals surface area contributed by atoms with Gasteiger partial charge in [-0.25, -0.2) is 9.37 Å². The fourth-order valence-electron chi connectivity index (χ4n) is 2.78. The van der Waals surface area contributed by atoms with E-state index in [2.05, 4.69) is 15.6 Å². The van der Waals surface area contributed by atoms with Crippen LogP contribution in [0.5, 0.6) is 0 Å². The molecule has 2 rings (SSSR count). The highest BCUT2D eigenvalue weighted by molar-refractivity contribution is 6.43. The molecule has 10 heteroatoms. The molecule has 1 fully saturated rings. The molecule has 1 aromatic rings. The van der Waals surface area contributed by atoms with Crippen molar-refractivity contribution in [1.82, 2.24) is 15.6 Å². The van der Waals surface area contributed by atoms with Crippen LogP contribution in [-0.2, 0) is 9.59 Å². The van der Waals surface area contributed by atoms with Gasteiger partial charge in [0.2, 0.25) is 11.8 Å². The first-order valence-electron chi connectivity index (χ1n) is 8.59. The van der Waals surface area contributed by atoms with Gasteiger partial charge in [0.15, 0.2) is 0 Å². The molecule has 0 saturated carbocycles. The minimum absolute atomic E-state index is 0.170. The van der Waals surface area contributed by atoms with Gasteiger partial charge >= 0.3 is 7.12 Å². The van der Waals surface area contributed by atoms with Gasteiger partial charge < -0.3 is 25.6 Å². The minimum atomic E-state index is -1.66. The van der Waals surface area contributed by atoms with Gasteiger partial charge in [-0.05, 0) is 30.9 Å². The quantitative estimate of drug-likeness (QED) is 0.460. The molecule has 0 radical (unpaired) electrons. The molecule has 2 heterocycles. The van der Waals surface area contributed by atoms with Gasteiger partial charge in [-0.2, -0.15) is 0 Å². The van der Waals surface area contributed by atoms with Crippen molar-refractivity contribution in [2.45, 2.75) is 38.7 Å². The van der Waals surface area contributed by atoms with Gasteiger partial charge in [-0.15, -0.1) is 0 Å². The first kappa shape index (κ1) is 20.1. The van der Waals surface area contributed by atoms with Crippen molar-refractivity contribution in [2.75, 3.05) is 18.0 Å². The van der Waals surface area contributed by atoms with E-state index >= 15 is 0 Å². The largest absolute Gasteiger partial charge is 0.475 e. The summed E-state index contributed by atoms with van der Waals surface area (Å²) in [5.41, 5.74) is 0. The lowest BCUT2D eigenvalue weighted by Crippen LogP contribution is -2.58. The Morgan fingerprint density at radius 3 is 2.65 bits per heavy atom. The summed E-state index contributed by atoms with van der Waals surface area (Å²) in [7, 11) is -1.66. The number of amides is 2. The van der Waals surface area contributed by atoms with Gasteiger partial charge in [-0.3, -0.25) is 9.59 Å². The molecule has 1 saturated heterocycles. The lowest BCUT2D eigenvalue weighted by atomic mass is 9.75. The zero-order chi connectivity index (χ0) is 19.3. The summed E-state index contributed by atoms with van der Waals surface area (Å²) in [4.78, 5) is 29.9. The molecule has 1 aliphatic heterocycles. The predicted octanol–water partition coefficient (Wildman–Crippen LogP) is -0.541. The van der Waals surface area contributed by atoms with Gasteiger partial charge in [0, 0.05) is 6.54 Å². The van der Waals surface area contributed by atoms with E-state index in [4.69, 9.17) is 0 Å². The number of halogens is 1. The first-order chi connectivity index (χ1) is 12.3. The second-order valence-corrected chi connectivity index (χ2v) is 6.77. The lowest BCUT2D eigenvalue weighted by Gasteiger charge is -2.40. The number of pyridine rings is 1. The van der Waals surface area contributed by atoms with Crippen LogP contribution < -0.4 is 15.5 Å². The summed E-state index contributed by atoms with van der Waals surface area (Å²) in [6, 6.07) is 2.31. The monoisotopic (exact) mass is 366 g/mol. The molecule has 2 atom stereocenters. The van der Waals surface area contributed by atoms with Gasteiger partial charge in [0.1, 0.15) is 17.7 Å². The third-order valence-electron chi connectivity index (χ3n) is 4.18. The van der Waals surface area contributed by atoms with Crippen molar-refractivity contribution in [3.63, 3.8) is 0 Å². The maximum Gasteiger partial charge on any atom is 0.475 e. The van der Waals surface area contributed by atoms with E-state index in [1.54, 1.807) is 4.90 Å². The number of nitrogens with zero attached hydrogens (tertiary/aromatic N) is 2. The summed E-state index contributed by atoms with van der Waals surface area (Å²) in [6.45, 7) is 4.16. The van der Waals surface area contributed by atoms with Gasteiger partial charge in [-0.1, -0.05) is 13.8 Å². The number of hydrogen-bond donors (Lipinski definition) is 4. The summed E-state index contributed by atoms with van der Waals surface area (Å²) in [5, 5.41) is 23.7. The second kappa shape index (κ2) is 8.95. The van der Waals surface area contributed by atoms with Crippen molar-refractivity contribution in [1.29, 1.82) is 0 Å². The number of rotatable bonds is 8. The van der Waals surface area contributed by atoms with E-state index in [0.717, 1.165) is 6.20 Å². The molecule has 4 N–H and O–H groups in total. The average molecular weight is 366 g/mol. The van der Waals surface area contributed by atoms with Crippen LogP contribution >= 0.6 is 0 Å². The smallest absolute Gasteiger partial charge is 0.426 e. The Labute approximate surface area is 151 Å². The van der Waals surface area contributed by atoms with Crippen LogP contribution in [0.25, 0.3) is 0 Å². The summed E-state index contributed by atoms with van der Waals surface area (Å²) < 4.78 is 12.9. The highest BCUT2D eigenvalue weighted by Crippen LogP contribution is 2.24. The summed E-state index contributed by atoms with van der Waals surface area (Å²) >= 11 is 0. The molecular formula is C16H24BFN4O4. The summed E-state index contributed by atoms with van der Waals surface area (Å²) in [6.07, 6.45) is 2.10. The highest BCUT2D eigenvalue weighted by atomic mass is 19.1. The molecule has 0 aliphatic carbocycles. The molecule has 1 aliphatic rings. The zero-order valence-electron chi connectivity index (χ0n) is 14.9.